The van der Waals surface area contributed by atoms with Gasteiger partial charge in [-0.05, 0) is 38.8 Å². The Morgan fingerprint density at radius 1 is 0.923 bits per heavy atom. The summed E-state index contributed by atoms with van der Waals surface area (Å²) in [5, 5.41) is 2.40. The molecule has 5 nitrogen and oxygen atoms in total. The zero-order valence-electron chi connectivity index (χ0n) is 15.3. The molecule has 0 aliphatic heterocycles. The Hall–Kier alpha value is -2.82. The molecule has 0 heterocycles. The second-order valence-electron chi connectivity index (χ2n) is 6.84. The number of alkyl carbamates (subject to hydrolysis) is 1. The van der Waals surface area contributed by atoms with Gasteiger partial charge in [-0.1, -0.05) is 60.7 Å². The minimum absolute atomic E-state index is 0.588. The highest BCUT2D eigenvalue weighted by atomic mass is 16.6. The molecule has 2 aromatic carbocycles. The van der Waals surface area contributed by atoms with Crippen LogP contribution in [0.4, 0.5) is 4.79 Å². The third-order valence-electron chi connectivity index (χ3n) is 3.41. The van der Waals surface area contributed by atoms with Gasteiger partial charge >= 0.3 is 12.1 Å². The van der Waals surface area contributed by atoms with Crippen LogP contribution < -0.4 is 5.32 Å². The van der Waals surface area contributed by atoms with E-state index in [1.807, 2.05) is 60.7 Å². The maximum atomic E-state index is 12.4. The number of hydrogen-bond acceptors (Lipinski definition) is 4. The van der Waals surface area contributed by atoms with Crippen LogP contribution in [0.25, 0.3) is 0 Å². The summed E-state index contributed by atoms with van der Waals surface area (Å²) in [6.45, 7) is 8.88. The molecule has 0 aliphatic rings. The van der Waals surface area contributed by atoms with Crippen molar-refractivity contribution in [3.05, 3.63) is 78.7 Å². The van der Waals surface area contributed by atoms with Gasteiger partial charge in [0.05, 0.1) is 0 Å². The van der Waals surface area contributed by atoms with E-state index in [1.54, 1.807) is 20.8 Å². The Balaban J connectivity index is 2.10. The Labute approximate surface area is 154 Å². The lowest BCUT2D eigenvalue weighted by molar-refractivity contribution is -0.148. The van der Waals surface area contributed by atoms with Crippen LogP contribution in [0.2, 0.25) is 0 Å². The van der Waals surface area contributed by atoms with Crippen LogP contribution in [0.1, 0.15) is 38.0 Å². The van der Waals surface area contributed by atoms with Crippen molar-refractivity contribution in [3.8, 4) is 0 Å². The number of benzene rings is 2. The molecule has 2 aromatic rings. The lowest BCUT2D eigenvalue weighted by atomic mass is 10.0. The summed E-state index contributed by atoms with van der Waals surface area (Å²) in [6, 6.07) is 17.7. The topological polar surface area (TPSA) is 64.6 Å². The summed E-state index contributed by atoms with van der Waals surface area (Å²) in [7, 11) is 0. The van der Waals surface area contributed by atoms with Crippen molar-refractivity contribution in [2.24, 2.45) is 0 Å². The Kier molecular flexibility index (Phi) is 6.39. The third kappa shape index (κ3) is 5.92. The molecule has 1 amide bonds. The monoisotopic (exact) mass is 354 g/mol. The molecule has 0 aliphatic carbocycles. The minimum Gasteiger partial charge on any atom is -0.451 e. The smallest absolute Gasteiger partial charge is 0.408 e. The van der Waals surface area contributed by atoms with Crippen LogP contribution in [-0.2, 0) is 14.3 Å². The van der Waals surface area contributed by atoms with Crippen molar-refractivity contribution >= 4 is 12.1 Å². The minimum atomic E-state index is -1.08. The number of esters is 1. The number of ether oxygens (including phenoxy) is 2. The fourth-order valence-electron chi connectivity index (χ4n) is 2.29. The number of carbonyl (C=O) groups excluding carboxylic acids is 2. The van der Waals surface area contributed by atoms with Crippen molar-refractivity contribution in [3.63, 3.8) is 0 Å². The van der Waals surface area contributed by atoms with E-state index in [2.05, 4.69) is 12.2 Å². The molecular formula is C21H24NO4. The molecule has 1 N–H and O–H groups in total. The van der Waals surface area contributed by atoms with E-state index in [1.165, 1.54) is 0 Å². The predicted octanol–water partition coefficient (Wildman–Crippen LogP) is 4.05. The largest absolute Gasteiger partial charge is 0.451 e. The summed E-state index contributed by atoms with van der Waals surface area (Å²) in [4.78, 5) is 24.3. The van der Waals surface area contributed by atoms with Crippen molar-refractivity contribution in [2.45, 2.75) is 38.5 Å². The molecule has 0 spiro atoms. The summed E-state index contributed by atoms with van der Waals surface area (Å²) in [5.41, 5.74) is 0.998. The summed E-state index contributed by atoms with van der Waals surface area (Å²) in [5.74, 6) is -0.645. The fraction of sp³-hybridized carbons (Fsp3) is 0.286. The molecule has 137 valence electrons. The maximum absolute atomic E-state index is 12.4. The molecule has 0 fully saturated rings. The first kappa shape index (κ1) is 19.5. The molecule has 1 atom stereocenters. The maximum Gasteiger partial charge on any atom is 0.408 e. The first-order chi connectivity index (χ1) is 12.3. The van der Waals surface area contributed by atoms with Gasteiger partial charge in [0.15, 0.2) is 6.10 Å². The normalized spacial score (nSPS) is 12.3. The first-order valence-electron chi connectivity index (χ1n) is 8.39. The van der Waals surface area contributed by atoms with Gasteiger partial charge in [-0.2, -0.15) is 0 Å². The second-order valence-corrected chi connectivity index (χ2v) is 6.84. The standard InChI is InChI=1S/C21H24NO4/c1-15(22-20(24)26-21(2,3)4)19(23)25-18(16-11-7-5-8-12-16)17-13-9-6-10-14-17/h5-15,18H,1H2,2-4H3,(H,22,24). The summed E-state index contributed by atoms with van der Waals surface area (Å²) in [6.07, 6.45) is -1.31. The van der Waals surface area contributed by atoms with Gasteiger partial charge in [0.25, 0.3) is 0 Å². The van der Waals surface area contributed by atoms with Crippen LogP contribution in [0.15, 0.2) is 60.7 Å². The number of carbonyl (C=O) groups is 2. The van der Waals surface area contributed by atoms with E-state index >= 15 is 0 Å². The highest BCUT2D eigenvalue weighted by molar-refractivity contribution is 5.82. The van der Waals surface area contributed by atoms with Crippen LogP contribution in [-0.4, -0.2) is 23.7 Å². The molecule has 1 unspecified atom stereocenters. The number of rotatable bonds is 5. The Bertz CT molecular complexity index is 683. The summed E-state index contributed by atoms with van der Waals surface area (Å²) < 4.78 is 10.8. The van der Waals surface area contributed by atoms with Crippen molar-refractivity contribution in [2.75, 3.05) is 0 Å². The van der Waals surface area contributed by atoms with Gasteiger partial charge in [0.1, 0.15) is 11.6 Å². The van der Waals surface area contributed by atoms with Crippen LogP contribution in [0, 0.1) is 6.92 Å². The quantitative estimate of drug-likeness (QED) is 0.823. The van der Waals surface area contributed by atoms with Gasteiger partial charge in [-0.15, -0.1) is 0 Å². The molecule has 5 heteroatoms. The van der Waals surface area contributed by atoms with E-state index in [0.717, 1.165) is 11.1 Å². The van der Waals surface area contributed by atoms with Crippen molar-refractivity contribution in [1.29, 1.82) is 0 Å². The lowest BCUT2D eigenvalue weighted by Crippen LogP contribution is -2.43. The van der Waals surface area contributed by atoms with Gasteiger partial charge in [0, 0.05) is 0 Å². The van der Waals surface area contributed by atoms with Gasteiger partial charge in [-0.25, -0.2) is 9.59 Å². The SMILES string of the molecule is [CH2]C(NC(=O)OC(C)(C)C)C(=O)OC(c1ccccc1)c1ccccc1. The Morgan fingerprint density at radius 3 is 1.81 bits per heavy atom. The van der Waals surface area contributed by atoms with E-state index in [9.17, 15) is 9.59 Å². The highest BCUT2D eigenvalue weighted by Gasteiger charge is 2.25. The van der Waals surface area contributed by atoms with Crippen LogP contribution in [0.5, 0.6) is 0 Å². The van der Waals surface area contributed by atoms with Gasteiger partial charge in [-0.3, -0.25) is 0 Å². The number of hydrogen-bond donors (Lipinski definition) is 1. The molecule has 0 aromatic heterocycles. The average molecular weight is 354 g/mol. The molecule has 26 heavy (non-hydrogen) atoms. The molecule has 1 radical (unpaired) electrons. The molecular weight excluding hydrogens is 330 g/mol. The predicted molar refractivity (Wildman–Crippen MR) is 99.3 cm³/mol. The van der Waals surface area contributed by atoms with Crippen LogP contribution in [0.3, 0.4) is 0 Å². The highest BCUT2D eigenvalue weighted by Crippen LogP contribution is 2.26. The first-order valence-corrected chi connectivity index (χ1v) is 8.39. The third-order valence-corrected chi connectivity index (χ3v) is 3.41. The van der Waals surface area contributed by atoms with Gasteiger partial charge in [0.2, 0.25) is 0 Å². The van der Waals surface area contributed by atoms with E-state index in [4.69, 9.17) is 9.47 Å². The molecule has 0 saturated carbocycles. The molecule has 0 saturated heterocycles. The van der Waals surface area contributed by atoms with Crippen LogP contribution >= 0.6 is 0 Å². The second kappa shape index (κ2) is 8.52. The van der Waals surface area contributed by atoms with E-state index < -0.39 is 29.8 Å². The Morgan fingerprint density at radius 2 is 1.38 bits per heavy atom. The zero-order valence-corrected chi connectivity index (χ0v) is 15.3. The lowest BCUT2D eigenvalue weighted by Gasteiger charge is -2.23. The van der Waals surface area contributed by atoms with E-state index in [0.29, 0.717) is 0 Å². The summed E-state index contributed by atoms with van der Waals surface area (Å²) >= 11 is 0. The van der Waals surface area contributed by atoms with Crippen molar-refractivity contribution < 1.29 is 19.1 Å². The molecule has 2 rings (SSSR count). The van der Waals surface area contributed by atoms with E-state index in [-0.39, 0.29) is 0 Å². The fourth-order valence-corrected chi connectivity index (χ4v) is 2.29. The number of nitrogens with one attached hydrogen (secondary N) is 1. The molecule has 0 bridgehead atoms. The zero-order chi connectivity index (χ0) is 19.2. The van der Waals surface area contributed by atoms with Crippen molar-refractivity contribution in [1.82, 2.24) is 5.32 Å². The average Bonchev–Trinajstić information content (AvgIpc) is 2.59. The van der Waals surface area contributed by atoms with Gasteiger partial charge < -0.3 is 14.8 Å². The number of amides is 1.